The molecule has 0 aromatic heterocycles. The van der Waals surface area contributed by atoms with Crippen LogP contribution in [0.15, 0.2) is 45.6 Å². The molecule has 0 amide bonds. The predicted octanol–water partition coefficient (Wildman–Crippen LogP) is 2.16. The molecule has 0 fully saturated rings. The van der Waals surface area contributed by atoms with Crippen LogP contribution in [-0.2, 0) is 0 Å². The van der Waals surface area contributed by atoms with Crippen molar-refractivity contribution >= 4 is 11.7 Å². The normalized spacial score (nSPS) is 16.1. The predicted molar refractivity (Wildman–Crippen MR) is 87.2 cm³/mol. The lowest BCUT2D eigenvalue weighted by Crippen LogP contribution is -2.19. The van der Waals surface area contributed by atoms with E-state index in [1.165, 1.54) is 0 Å². The van der Waals surface area contributed by atoms with Crippen LogP contribution in [0.25, 0.3) is 0 Å². The van der Waals surface area contributed by atoms with Crippen molar-refractivity contribution in [2.24, 2.45) is 4.99 Å². The molecule has 0 aromatic rings. The second-order valence-corrected chi connectivity index (χ2v) is 4.59. The first-order valence-electron chi connectivity index (χ1n) is 7.00. The molecule has 0 aliphatic carbocycles. The van der Waals surface area contributed by atoms with Gasteiger partial charge in [-0.1, -0.05) is 6.08 Å². The summed E-state index contributed by atoms with van der Waals surface area (Å²) in [6.45, 7) is 4.08. The van der Waals surface area contributed by atoms with Crippen LogP contribution in [0.1, 0.15) is 19.3 Å². The summed E-state index contributed by atoms with van der Waals surface area (Å²) in [5.41, 5.74) is -0.572. The maximum absolute atomic E-state index is 9.30. The van der Waals surface area contributed by atoms with E-state index in [-0.39, 0.29) is 33.8 Å². The number of unbranched alkanes of at least 4 members (excludes halogenated alkanes) is 2. The van der Waals surface area contributed by atoms with Crippen LogP contribution in [0.2, 0.25) is 0 Å². The van der Waals surface area contributed by atoms with E-state index in [0.717, 1.165) is 19.3 Å². The summed E-state index contributed by atoms with van der Waals surface area (Å²) in [7, 11) is 0. The van der Waals surface area contributed by atoms with E-state index in [2.05, 4.69) is 16.9 Å². The average molecular weight is 315 g/mol. The Morgan fingerprint density at radius 3 is 2.33 bits per heavy atom. The maximum Gasteiger partial charge on any atom is 0.145 e. The quantitative estimate of drug-likeness (QED) is 0.334. The molecule has 0 bridgehead atoms. The van der Waals surface area contributed by atoms with Crippen molar-refractivity contribution in [3.63, 3.8) is 0 Å². The Bertz CT molecular complexity index is 851. The van der Waals surface area contributed by atoms with Crippen LogP contribution in [0.5, 0.6) is 0 Å². The third-order valence-corrected chi connectivity index (χ3v) is 3.14. The number of rotatable bonds is 6. The lowest BCUT2D eigenvalue weighted by Gasteiger charge is -2.03. The molecule has 0 aromatic carbocycles. The Balaban J connectivity index is 3.31. The van der Waals surface area contributed by atoms with Crippen LogP contribution in [-0.4, -0.2) is 18.3 Å². The zero-order valence-corrected chi connectivity index (χ0v) is 12.8. The fourth-order valence-electron chi connectivity index (χ4n) is 1.99. The van der Waals surface area contributed by atoms with Gasteiger partial charge in [0.05, 0.1) is 11.3 Å². The molecular weight excluding hydrogens is 302 g/mol. The highest BCUT2D eigenvalue weighted by atomic mass is 15.0. The summed E-state index contributed by atoms with van der Waals surface area (Å²) in [6, 6.07) is 7.19. The van der Waals surface area contributed by atoms with Crippen molar-refractivity contribution in [3.05, 3.63) is 40.6 Å². The fourth-order valence-corrected chi connectivity index (χ4v) is 1.99. The SMILES string of the molecule is C=CCCCCN=C1N/C(=C(/C#N)C(=C=N)C#N)C(C#N)=C1C#N. The monoisotopic (exact) mass is 315 g/mol. The minimum absolute atomic E-state index is 0.0118. The van der Waals surface area contributed by atoms with Crippen molar-refractivity contribution in [3.8, 4) is 24.3 Å². The van der Waals surface area contributed by atoms with Crippen molar-refractivity contribution < 1.29 is 0 Å². The van der Waals surface area contributed by atoms with E-state index >= 15 is 0 Å². The topological polar surface area (TPSA) is 143 Å². The third kappa shape index (κ3) is 3.85. The van der Waals surface area contributed by atoms with Gasteiger partial charge < -0.3 is 5.32 Å². The van der Waals surface area contributed by atoms with Gasteiger partial charge >= 0.3 is 0 Å². The lowest BCUT2D eigenvalue weighted by atomic mass is 10.0. The molecular formula is C17H13N7. The molecule has 116 valence electrons. The van der Waals surface area contributed by atoms with Gasteiger partial charge in [-0.3, -0.25) is 10.4 Å². The molecule has 0 saturated carbocycles. The van der Waals surface area contributed by atoms with E-state index in [9.17, 15) is 15.8 Å². The third-order valence-electron chi connectivity index (χ3n) is 3.14. The smallest absolute Gasteiger partial charge is 0.145 e. The number of nitriles is 4. The molecule has 1 aliphatic heterocycles. The van der Waals surface area contributed by atoms with Gasteiger partial charge in [0.15, 0.2) is 0 Å². The summed E-state index contributed by atoms with van der Waals surface area (Å²) < 4.78 is 0. The highest BCUT2D eigenvalue weighted by molar-refractivity contribution is 6.09. The molecule has 7 nitrogen and oxygen atoms in total. The molecule has 0 spiro atoms. The molecule has 2 N–H and O–H groups in total. The van der Waals surface area contributed by atoms with Crippen LogP contribution in [0.3, 0.4) is 0 Å². The Morgan fingerprint density at radius 1 is 1.12 bits per heavy atom. The zero-order valence-electron chi connectivity index (χ0n) is 12.8. The Morgan fingerprint density at radius 2 is 1.83 bits per heavy atom. The van der Waals surface area contributed by atoms with E-state index in [0.29, 0.717) is 6.54 Å². The molecule has 0 atom stereocenters. The maximum atomic E-state index is 9.30. The average Bonchev–Trinajstić information content (AvgIpc) is 2.96. The minimum Gasteiger partial charge on any atom is -0.337 e. The van der Waals surface area contributed by atoms with E-state index < -0.39 is 0 Å². The minimum atomic E-state index is -0.322. The molecule has 0 radical (unpaired) electrons. The van der Waals surface area contributed by atoms with Gasteiger partial charge in [0.2, 0.25) is 0 Å². The van der Waals surface area contributed by atoms with Gasteiger partial charge in [-0.2, -0.15) is 21.0 Å². The second-order valence-electron chi connectivity index (χ2n) is 4.59. The summed E-state index contributed by atoms with van der Waals surface area (Å²) >= 11 is 0. The summed E-state index contributed by atoms with van der Waals surface area (Å²) in [6.07, 6.45) is 4.36. The van der Waals surface area contributed by atoms with Crippen molar-refractivity contribution in [2.45, 2.75) is 19.3 Å². The molecule has 0 saturated heterocycles. The Kier molecular flexibility index (Phi) is 6.95. The van der Waals surface area contributed by atoms with E-state index in [4.69, 9.17) is 10.7 Å². The molecule has 7 heteroatoms. The zero-order chi connectivity index (χ0) is 17.9. The first-order chi connectivity index (χ1) is 11.7. The largest absolute Gasteiger partial charge is 0.337 e. The standard InChI is InChI=1S/C17H13N7/c1-2-3-4-5-6-23-17-15(11-22)14(10-21)16(24-17)13(9-20)12(7-18)8-19/h2,18H,1,3-6H2,(H,23,24)/b16-13-. The number of aliphatic imine (C=N–C) groups is 1. The van der Waals surface area contributed by atoms with Crippen molar-refractivity contribution in [1.29, 1.82) is 26.5 Å². The molecule has 1 heterocycles. The van der Waals surface area contributed by atoms with Crippen LogP contribution in [0.4, 0.5) is 0 Å². The highest BCUT2D eigenvalue weighted by Gasteiger charge is 2.29. The van der Waals surface area contributed by atoms with Crippen LogP contribution in [0, 0.1) is 50.7 Å². The van der Waals surface area contributed by atoms with Gasteiger partial charge in [-0.05, 0) is 25.1 Å². The number of nitrogens with one attached hydrogen (secondary N) is 2. The summed E-state index contributed by atoms with van der Waals surface area (Å²) in [5, 5.41) is 46.6. The number of hydrogen-bond donors (Lipinski definition) is 2. The second kappa shape index (κ2) is 9.19. The Hall–Kier alpha value is -3.90. The van der Waals surface area contributed by atoms with Gasteiger partial charge in [0.25, 0.3) is 0 Å². The lowest BCUT2D eigenvalue weighted by molar-refractivity contribution is 0.758. The number of allylic oxidation sites excluding steroid dienone is 4. The number of amidine groups is 1. The van der Waals surface area contributed by atoms with Crippen LogP contribution < -0.4 is 5.32 Å². The summed E-state index contributed by atoms with van der Waals surface area (Å²) in [5.74, 6) is 2.05. The fraction of sp³-hybridized carbons (Fsp3) is 0.235. The molecule has 24 heavy (non-hydrogen) atoms. The molecule has 1 aliphatic rings. The number of nitrogens with zero attached hydrogens (tertiary/aromatic N) is 5. The van der Waals surface area contributed by atoms with Gasteiger partial charge in [-0.15, -0.1) is 6.58 Å². The Labute approximate surface area is 140 Å². The highest BCUT2D eigenvalue weighted by Crippen LogP contribution is 2.25. The van der Waals surface area contributed by atoms with Crippen molar-refractivity contribution in [1.82, 2.24) is 5.32 Å². The van der Waals surface area contributed by atoms with E-state index in [1.807, 2.05) is 24.1 Å². The molecule has 1 rings (SSSR count). The molecule has 0 unspecified atom stereocenters. The van der Waals surface area contributed by atoms with Crippen molar-refractivity contribution in [2.75, 3.05) is 6.54 Å². The van der Waals surface area contributed by atoms with E-state index in [1.54, 1.807) is 12.1 Å². The number of hydrogen-bond acceptors (Lipinski definition) is 6. The van der Waals surface area contributed by atoms with Gasteiger partial charge in [0, 0.05) is 6.54 Å². The first-order valence-corrected chi connectivity index (χ1v) is 7.00. The van der Waals surface area contributed by atoms with Gasteiger partial charge in [0.1, 0.15) is 46.8 Å². The van der Waals surface area contributed by atoms with Gasteiger partial charge in [-0.25, -0.2) is 0 Å². The summed E-state index contributed by atoms with van der Waals surface area (Å²) in [4.78, 5) is 4.26. The van der Waals surface area contributed by atoms with Crippen LogP contribution >= 0.6 is 0 Å². The first kappa shape index (κ1) is 18.1.